The number of tetrazole rings is 1. The number of thioether (sulfide) groups is 1. The molecule has 9 heteroatoms. The summed E-state index contributed by atoms with van der Waals surface area (Å²) >= 11 is 7.15. The van der Waals surface area contributed by atoms with Crippen LogP contribution in [0.15, 0.2) is 53.7 Å². The van der Waals surface area contributed by atoms with Crippen molar-refractivity contribution in [1.82, 2.24) is 25.5 Å². The van der Waals surface area contributed by atoms with Gasteiger partial charge in [0.05, 0.1) is 17.0 Å². The van der Waals surface area contributed by atoms with Gasteiger partial charge in [0.25, 0.3) is 0 Å². The first-order chi connectivity index (χ1) is 12.9. The molecule has 1 heterocycles. The number of hydrogen-bond donors (Lipinski definition) is 1. The van der Waals surface area contributed by atoms with E-state index in [-0.39, 0.29) is 17.8 Å². The molecule has 0 fully saturated rings. The van der Waals surface area contributed by atoms with Crippen LogP contribution in [0.25, 0.3) is 5.69 Å². The van der Waals surface area contributed by atoms with Gasteiger partial charge in [0.15, 0.2) is 0 Å². The van der Waals surface area contributed by atoms with Crippen molar-refractivity contribution < 1.29 is 9.18 Å². The van der Waals surface area contributed by atoms with Gasteiger partial charge in [-0.3, -0.25) is 4.79 Å². The zero-order valence-corrected chi connectivity index (χ0v) is 16.2. The number of benzene rings is 2. The molecule has 0 bridgehead atoms. The lowest BCUT2D eigenvalue weighted by molar-refractivity contribution is -0.120. The van der Waals surface area contributed by atoms with Crippen molar-refractivity contribution in [1.29, 1.82) is 0 Å². The molecule has 1 amide bonds. The molecule has 2 atom stereocenters. The molecule has 0 aliphatic heterocycles. The molecule has 0 aliphatic carbocycles. The number of rotatable bonds is 6. The average Bonchev–Trinajstić information content (AvgIpc) is 3.10. The maximum atomic E-state index is 13.0. The molecule has 1 N–H and O–H groups in total. The first-order valence-corrected chi connectivity index (χ1v) is 9.46. The Hall–Kier alpha value is -2.45. The molecule has 0 spiro atoms. The molecule has 0 radical (unpaired) electrons. The Labute approximate surface area is 165 Å². The predicted octanol–water partition coefficient (Wildman–Crippen LogP) is 3.81. The lowest BCUT2D eigenvalue weighted by atomic mass is 10.1. The number of aromatic nitrogens is 4. The Balaban J connectivity index is 1.66. The smallest absolute Gasteiger partial charge is 0.233 e. The molecule has 0 saturated heterocycles. The number of nitrogens with one attached hydrogen (secondary N) is 1. The van der Waals surface area contributed by atoms with E-state index >= 15 is 0 Å². The van der Waals surface area contributed by atoms with Crippen molar-refractivity contribution in [2.24, 2.45) is 0 Å². The zero-order valence-electron chi connectivity index (χ0n) is 14.6. The summed E-state index contributed by atoms with van der Waals surface area (Å²) in [6.45, 7) is 3.62. The van der Waals surface area contributed by atoms with Gasteiger partial charge in [0, 0.05) is 5.02 Å². The van der Waals surface area contributed by atoms with Crippen LogP contribution in [-0.4, -0.2) is 31.4 Å². The van der Waals surface area contributed by atoms with Crippen LogP contribution in [0.5, 0.6) is 0 Å². The Kier molecular flexibility index (Phi) is 6.08. The number of halogens is 2. The van der Waals surface area contributed by atoms with E-state index in [1.807, 2.05) is 6.92 Å². The van der Waals surface area contributed by atoms with E-state index in [4.69, 9.17) is 11.6 Å². The molecule has 1 aromatic heterocycles. The highest BCUT2D eigenvalue weighted by molar-refractivity contribution is 8.00. The summed E-state index contributed by atoms with van der Waals surface area (Å²) in [6.07, 6.45) is 0. The highest BCUT2D eigenvalue weighted by Crippen LogP contribution is 2.24. The molecule has 0 saturated carbocycles. The van der Waals surface area contributed by atoms with E-state index < -0.39 is 5.25 Å². The molecule has 2 unspecified atom stereocenters. The lowest BCUT2D eigenvalue weighted by Crippen LogP contribution is -2.33. The van der Waals surface area contributed by atoms with Gasteiger partial charge in [-0.1, -0.05) is 35.5 Å². The van der Waals surface area contributed by atoms with Gasteiger partial charge in [-0.15, -0.1) is 5.10 Å². The number of carbonyl (C=O) groups is 1. The molecule has 27 heavy (non-hydrogen) atoms. The quantitative estimate of drug-likeness (QED) is 0.631. The van der Waals surface area contributed by atoms with Crippen LogP contribution >= 0.6 is 23.4 Å². The van der Waals surface area contributed by atoms with Crippen LogP contribution in [0.2, 0.25) is 5.02 Å². The number of hydrogen-bond acceptors (Lipinski definition) is 5. The van der Waals surface area contributed by atoms with E-state index in [1.54, 1.807) is 48.0 Å². The highest BCUT2D eigenvalue weighted by atomic mass is 35.5. The standard InChI is InChI=1S/C18H17ClFN5OS/c1-11(13-3-7-15(20)8-4-13)21-17(26)12(2)27-18-22-23-24-25(18)16-9-5-14(19)6-10-16/h3-12H,1-2H3,(H,21,26). The van der Waals surface area contributed by atoms with Crippen LogP contribution in [0.3, 0.4) is 0 Å². The molecule has 6 nitrogen and oxygen atoms in total. The fourth-order valence-corrected chi connectivity index (χ4v) is 3.32. The van der Waals surface area contributed by atoms with Crippen molar-refractivity contribution in [2.45, 2.75) is 30.3 Å². The van der Waals surface area contributed by atoms with E-state index in [0.29, 0.717) is 10.2 Å². The fraction of sp³-hybridized carbons (Fsp3) is 0.222. The molecular weight excluding hydrogens is 389 g/mol. The Morgan fingerprint density at radius 2 is 1.81 bits per heavy atom. The van der Waals surface area contributed by atoms with Gasteiger partial charge in [-0.05, 0) is 66.2 Å². The van der Waals surface area contributed by atoms with E-state index in [2.05, 4.69) is 20.8 Å². The maximum absolute atomic E-state index is 13.0. The second-order valence-electron chi connectivity index (χ2n) is 5.89. The summed E-state index contributed by atoms with van der Waals surface area (Å²) in [7, 11) is 0. The minimum absolute atomic E-state index is 0.164. The SMILES string of the molecule is CC(Sc1nnnn1-c1ccc(Cl)cc1)C(=O)NC(C)c1ccc(F)cc1. The van der Waals surface area contributed by atoms with E-state index in [1.165, 1.54) is 23.9 Å². The van der Waals surface area contributed by atoms with Crippen molar-refractivity contribution in [3.63, 3.8) is 0 Å². The summed E-state index contributed by atoms with van der Waals surface area (Å²) in [5, 5.41) is 15.3. The summed E-state index contributed by atoms with van der Waals surface area (Å²) in [4.78, 5) is 12.5. The highest BCUT2D eigenvalue weighted by Gasteiger charge is 2.21. The molecule has 2 aromatic carbocycles. The van der Waals surface area contributed by atoms with E-state index in [0.717, 1.165) is 11.3 Å². The fourth-order valence-electron chi connectivity index (χ4n) is 2.37. The van der Waals surface area contributed by atoms with Crippen LogP contribution in [-0.2, 0) is 4.79 Å². The number of amides is 1. The first-order valence-electron chi connectivity index (χ1n) is 8.21. The first kappa shape index (κ1) is 19.3. The second-order valence-corrected chi connectivity index (χ2v) is 7.64. The lowest BCUT2D eigenvalue weighted by Gasteiger charge is -2.17. The normalized spacial score (nSPS) is 13.2. The molecule has 3 aromatic rings. The monoisotopic (exact) mass is 405 g/mol. The third-order valence-corrected chi connectivity index (χ3v) is 5.18. The van der Waals surface area contributed by atoms with Gasteiger partial charge in [0.2, 0.25) is 11.1 Å². The van der Waals surface area contributed by atoms with Crippen molar-refractivity contribution >= 4 is 29.3 Å². The van der Waals surface area contributed by atoms with Crippen LogP contribution in [0.4, 0.5) is 4.39 Å². The Morgan fingerprint density at radius 3 is 2.48 bits per heavy atom. The summed E-state index contributed by atoms with van der Waals surface area (Å²) in [5.41, 5.74) is 1.58. The largest absolute Gasteiger partial charge is 0.349 e. The molecular formula is C18H17ClFN5OS. The number of carbonyl (C=O) groups excluding carboxylic acids is 1. The van der Waals surface area contributed by atoms with Crippen molar-refractivity contribution in [3.05, 3.63) is 64.9 Å². The van der Waals surface area contributed by atoms with E-state index in [9.17, 15) is 9.18 Å². The molecule has 3 rings (SSSR count). The topological polar surface area (TPSA) is 72.7 Å². The summed E-state index contributed by atoms with van der Waals surface area (Å²) < 4.78 is 14.6. The maximum Gasteiger partial charge on any atom is 0.233 e. The number of nitrogens with zero attached hydrogens (tertiary/aromatic N) is 4. The Bertz CT molecular complexity index is 916. The minimum Gasteiger partial charge on any atom is -0.349 e. The van der Waals surface area contributed by atoms with Gasteiger partial charge in [-0.2, -0.15) is 4.68 Å². The van der Waals surface area contributed by atoms with Gasteiger partial charge in [0.1, 0.15) is 5.82 Å². The average molecular weight is 406 g/mol. The molecule has 0 aliphatic rings. The second kappa shape index (κ2) is 8.49. The third-order valence-electron chi connectivity index (χ3n) is 3.89. The summed E-state index contributed by atoms with van der Waals surface area (Å²) in [5.74, 6) is -0.474. The minimum atomic E-state index is -0.426. The summed E-state index contributed by atoms with van der Waals surface area (Å²) in [6, 6.07) is 12.9. The van der Waals surface area contributed by atoms with Gasteiger partial charge >= 0.3 is 0 Å². The molecule has 140 valence electrons. The van der Waals surface area contributed by atoms with Crippen molar-refractivity contribution in [3.8, 4) is 5.69 Å². The van der Waals surface area contributed by atoms with Crippen molar-refractivity contribution in [2.75, 3.05) is 0 Å². The third kappa shape index (κ3) is 4.84. The van der Waals surface area contributed by atoms with Gasteiger partial charge < -0.3 is 5.32 Å². The zero-order chi connectivity index (χ0) is 19.4. The predicted molar refractivity (Wildman–Crippen MR) is 102 cm³/mol. The van der Waals surface area contributed by atoms with Crippen LogP contribution in [0, 0.1) is 5.82 Å². The Morgan fingerprint density at radius 1 is 1.15 bits per heavy atom. The van der Waals surface area contributed by atoms with Crippen LogP contribution < -0.4 is 5.32 Å². The van der Waals surface area contributed by atoms with Gasteiger partial charge in [-0.25, -0.2) is 4.39 Å². The van der Waals surface area contributed by atoms with Crippen LogP contribution in [0.1, 0.15) is 25.5 Å².